The zero-order valence-electron chi connectivity index (χ0n) is 16.1. The number of nitrogens with zero attached hydrogens (tertiary/aromatic N) is 4. The van der Waals surface area contributed by atoms with Crippen LogP contribution < -0.4 is 0 Å². The lowest BCUT2D eigenvalue weighted by Crippen LogP contribution is -2.50. The maximum Gasteiger partial charge on any atom is 0.272 e. The first kappa shape index (κ1) is 19.3. The summed E-state index contributed by atoms with van der Waals surface area (Å²) in [5.74, 6) is 0.0687. The van der Waals surface area contributed by atoms with Crippen molar-refractivity contribution < 1.29 is 14.6 Å². The number of aromatic nitrogens is 2. The molecule has 0 aliphatic carbocycles. The van der Waals surface area contributed by atoms with Gasteiger partial charge in [-0.15, -0.1) is 0 Å². The second-order valence-electron chi connectivity index (χ2n) is 7.41. The molecule has 2 fully saturated rings. The molecule has 1 aromatic rings. The van der Waals surface area contributed by atoms with Crippen LogP contribution in [0.4, 0.5) is 0 Å². The molecular weight excluding hydrogens is 332 g/mol. The Morgan fingerprint density at radius 2 is 2.08 bits per heavy atom. The van der Waals surface area contributed by atoms with Gasteiger partial charge in [0.05, 0.1) is 24.9 Å². The topological polar surface area (TPSA) is 70.8 Å². The molecule has 0 saturated carbocycles. The Morgan fingerprint density at radius 3 is 2.77 bits per heavy atom. The highest BCUT2D eigenvalue weighted by molar-refractivity contribution is 5.92. The van der Waals surface area contributed by atoms with Gasteiger partial charge < -0.3 is 14.7 Å². The monoisotopic (exact) mass is 364 g/mol. The minimum Gasteiger partial charge on any atom is -0.392 e. The number of aliphatic hydroxyl groups excluding tert-OH is 1. The fraction of sp³-hybridized carbons (Fsp3) is 0.789. The van der Waals surface area contributed by atoms with Crippen LogP contribution in [0.3, 0.4) is 0 Å². The molecule has 0 bridgehead atoms. The second kappa shape index (κ2) is 8.97. The standard InChI is InChI=1S/C19H32N4O3/c1-3-26-12-11-23-18(13-15(2)20-23)19(25)21-9-6-16(7-10-21)22-8-4-5-17(24)14-22/h13,16-17,24H,3-12,14H2,1-2H3/t17-/m1/s1. The summed E-state index contributed by atoms with van der Waals surface area (Å²) in [6.45, 7) is 9.11. The molecule has 1 aromatic heterocycles. The first-order valence-corrected chi connectivity index (χ1v) is 9.92. The first-order valence-electron chi connectivity index (χ1n) is 9.92. The third-order valence-electron chi connectivity index (χ3n) is 5.47. The number of likely N-dealkylation sites (tertiary alicyclic amines) is 2. The number of ether oxygens (including phenoxy) is 1. The molecule has 2 aliphatic rings. The molecule has 3 rings (SSSR count). The van der Waals surface area contributed by atoms with E-state index in [0.29, 0.717) is 31.5 Å². The number of aliphatic hydroxyl groups is 1. The predicted molar refractivity (Wildman–Crippen MR) is 99.2 cm³/mol. The second-order valence-corrected chi connectivity index (χ2v) is 7.41. The van der Waals surface area contributed by atoms with E-state index < -0.39 is 0 Å². The molecule has 0 aromatic carbocycles. The van der Waals surface area contributed by atoms with Crippen molar-refractivity contribution in [2.45, 2.75) is 58.2 Å². The molecule has 3 heterocycles. The average Bonchev–Trinajstić information content (AvgIpc) is 3.02. The Morgan fingerprint density at radius 1 is 1.31 bits per heavy atom. The van der Waals surface area contributed by atoms with E-state index in [4.69, 9.17) is 4.74 Å². The Balaban J connectivity index is 1.56. The van der Waals surface area contributed by atoms with E-state index in [1.807, 2.05) is 24.8 Å². The van der Waals surface area contributed by atoms with E-state index in [1.165, 1.54) is 0 Å². The molecule has 146 valence electrons. The van der Waals surface area contributed by atoms with Crippen molar-refractivity contribution in [3.05, 3.63) is 17.5 Å². The largest absolute Gasteiger partial charge is 0.392 e. The van der Waals surface area contributed by atoms with Crippen molar-refractivity contribution in [1.82, 2.24) is 19.6 Å². The molecule has 26 heavy (non-hydrogen) atoms. The van der Waals surface area contributed by atoms with E-state index in [2.05, 4.69) is 10.00 Å². The van der Waals surface area contributed by atoms with Crippen LogP contribution in [0.2, 0.25) is 0 Å². The molecule has 0 radical (unpaired) electrons. The quantitative estimate of drug-likeness (QED) is 0.770. The van der Waals surface area contributed by atoms with Crippen LogP contribution in [0.5, 0.6) is 0 Å². The lowest BCUT2D eigenvalue weighted by molar-refractivity contribution is 0.0237. The summed E-state index contributed by atoms with van der Waals surface area (Å²) >= 11 is 0. The summed E-state index contributed by atoms with van der Waals surface area (Å²) in [4.78, 5) is 17.3. The number of amides is 1. The highest BCUT2D eigenvalue weighted by Gasteiger charge is 2.30. The Labute approximate surface area is 155 Å². The number of rotatable bonds is 6. The lowest BCUT2D eigenvalue weighted by atomic mass is 9.99. The van der Waals surface area contributed by atoms with E-state index >= 15 is 0 Å². The smallest absolute Gasteiger partial charge is 0.272 e. The van der Waals surface area contributed by atoms with E-state index in [-0.39, 0.29) is 12.0 Å². The van der Waals surface area contributed by atoms with Crippen LogP contribution in [0.15, 0.2) is 6.07 Å². The van der Waals surface area contributed by atoms with Crippen molar-refractivity contribution in [2.75, 3.05) is 39.4 Å². The van der Waals surface area contributed by atoms with Gasteiger partial charge >= 0.3 is 0 Å². The van der Waals surface area contributed by atoms with Gasteiger partial charge in [-0.3, -0.25) is 14.4 Å². The summed E-state index contributed by atoms with van der Waals surface area (Å²) < 4.78 is 7.18. The molecule has 2 saturated heterocycles. The molecular formula is C19H32N4O3. The highest BCUT2D eigenvalue weighted by atomic mass is 16.5. The van der Waals surface area contributed by atoms with Gasteiger partial charge in [-0.05, 0) is 52.1 Å². The van der Waals surface area contributed by atoms with Crippen LogP contribution in [0.25, 0.3) is 0 Å². The van der Waals surface area contributed by atoms with Crippen molar-refractivity contribution in [3.63, 3.8) is 0 Å². The van der Waals surface area contributed by atoms with Crippen molar-refractivity contribution in [3.8, 4) is 0 Å². The summed E-state index contributed by atoms with van der Waals surface area (Å²) in [7, 11) is 0. The number of aryl methyl sites for hydroxylation is 1. The number of piperidine rings is 2. The fourth-order valence-electron chi connectivity index (χ4n) is 4.09. The number of hydrogen-bond donors (Lipinski definition) is 1. The molecule has 7 nitrogen and oxygen atoms in total. The van der Waals surface area contributed by atoms with Gasteiger partial charge in [0.2, 0.25) is 0 Å². The SMILES string of the molecule is CCOCCn1nc(C)cc1C(=O)N1CCC(N2CCC[C@@H](O)C2)CC1. The minimum atomic E-state index is -0.189. The van der Waals surface area contributed by atoms with Gasteiger partial charge in [-0.2, -0.15) is 5.10 Å². The number of β-amino-alcohol motifs (C(OH)–C–C–N with tert-alkyl or cyclic N) is 1. The zero-order chi connectivity index (χ0) is 18.5. The molecule has 1 amide bonds. The summed E-state index contributed by atoms with van der Waals surface area (Å²) in [6.07, 6.45) is 3.75. The van der Waals surface area contributed by atoms with Crippen LogP contribution in [0, 0.1) is 6.92 Å². The molecule has 2 aliphatic heterocycles. The van der Waals surface area contributed by atoms with Crippen LogP contribution in [-0.4, -0.2) is 82.1 Å². The lowest BCUT2D eigenvalue weighted by Gasteiger charge is -2.41. The van der Waals surface area contributed by atoms with Gasteiger partial charge in [-0.25, -0.2) is 0 Å². The molecule has 1 atom stereocenters. The van der Waals surface area contributed by atoms with Gasteiger partial charge in [0, 0.05) is 32.3 Å². The summed E-state index contributed by atoms with van der Waals surface area (Å²) in [6, 6.07) is 2.36. The maximum absolute atomic E-state index is 13.0. The van der Waals surface area contributed by atoms with E-state index in [1.54, 1.807) is 4.68 Å². The van der Waals surface area contributed by atoms with E-state index in [0.717, 1.165) is 57.6 Å². The van der Waals surface area contributed by atoms with Gasteiger partial charge in [0.25, 0.3) is 5.91 Å². The van der Waals surface area contributed by atoms with Crippen LogP contribution in [0.1, 0.15) is 48.8 Å². The van der Waals surface area contributed by atoms with Gasteiger partial charge in [0.15, 0.2) is 0 Å². The predicted octanol–water partition coefficient (Wildman–Crippen LogP) is 1.29. The summed E-state index contributed by atoms with van der Waals surface area (Å²) in [5.41, 5.74) is 1.52. The Bertz CT molecular complexity index is 596. The number of carbonyl (C=O) groups excluding carboxylic acids is 1. The van der Waals surface area contributed by atoms with Gasteiger partial charge in [-0.1, -0.05) is 0 Å². The van der Waals surface area contributed by atoms with Crippen molar-refractivity contribution in [1.29, 1.82) is 0 Å². The third kappa shape index (κ3) is 4.64. The zero-order valence-corrected chi connectivity index (χ0v) is 16.1. The number of carbonyl (C=O) groups is 1. The van der Waals surface area contributed by atoms with E-state index in [9.17, 15) is 9.90 Å². The van der Waals surface area contributed by atoms with Gasteiger partial charge in [0.1, 0.15) is 5.69 Å². The maximum atomic E-state index is 13.0. The average molecular weight is 364 g/mol. The molecule has 7 heteroatoms. The molecule has 1 N–H and O–H groups in total. The molecule has 0 unspecified atom stereocenters. The first-order chi connectivity index (χ1) is 12.6. The normalized spacial score (nSPS) is 22.7. The minimum absolute atomic E-state index is 0.0687. The Hall–Kier alpha value is -1.44. The van der Waals surface area contributed by atoms with Crippen LogP contribution in [-0.2, 0) is 11.3 Å². The molecule has 0 spiro atoms. The fourth-order valence-corrected chi connectivity index (χ4v) is 4.09. The summed E-state index contributed by atoms with van der Waals surface area (Å²) in [5, 5.41) is 14.3. The van der Waals surface area contributed by atoms with Crippen LogP contribution >= 0.6 is 0 Å². The third-order valence-corrected chi connectivity index (χ3v) is 5.47. The highest BCUT2D eigenvalue weighted by Crippen LogP contribution is 2.22. The number of hydrogen-bond acceptors (Lipinski definition) is 5. The van der Waals surface area contributed by atoms with Crippen molar-refractivity contribution >= 4 is 5.91 Å². The Kier molecular flexibility index (Phi) is 6.67. The van der Waals surface area contributed by atoms with Crippen molar-refractivity contribution in [2.24, 2.45) is 0 Å².